The monoisotopic (exact) mass is 380 g/mol. The van der Waals surface area contributed by atoms with Crippen LogP contribution < -0.4 is 10.1 Å². The number of ether oxygens (including phenoxy) is 1. The Balaban J connectivity index is 1.54. The van der Waals surface area contributed by atoms with Crippen molar-refractivity contribution in [3.8, 4) is 17.1 Å². The maximum Gasteiger partial charge on any atom is 0.238 e. The Kier molecular flexibility index (Phi) is 5.11. The number of benzene rings is 2. The van der Waals surface area contributed by atoms with Crippen molar-refractivity contribution in [1.29, 1.82) is 0 Å². The van der Waals surface area contributed by atoms with E-state index in [-0.39, 0.29) is 11.2 Å². The second-order valence-corrected chi connectivity index (χ2v) is 7.46. The zero-order valence-corrected chi connectivity index (χ0v) is 15.7. The first-order valence-electron chi connectivity index (χ1n) is 8.82. The van der Waals surface area contributed by atoms with Gasteiger partial charge in [-0.2, -0.15) is 0 Å². The zero-order chi connectivity index (χ0) is 18.6. The Labute approximate surface area is 161 Å². The molecule has 0 aliphatic heterocycles. The lowest BCUT2D eigenvalue weighted by Crippen LogP contribution is -2.29. The third-order valence-electron chi connectivity index (χ3n) is 4.32. The second-order valence-electron chi connectivity index (χ2n) is 6.39. The van der Waals surface area contributed by atoms with Gasteiger partial charge in [0.25, 0.3) is 0 Å². The summed E-state index contributed by atoms with van der Waals surface area (Å²) in [6.45, 7) is 0. The molecule has 27 heavy (non-hydrogen) atoms. The van der Waals surface area contributed by atoms with Crippen LogP contribution >= 0.6 is 11.8 Å². The van der Waals surface area contributed by atoms with Gasteiger partial charge in [-0.05, 0) is 42.7 Å². The fraction of sp³-hybridized carbons (Fsp3) is 0.250. The Morgan fingerprint density at radius 2 is 1.93 bits per heavy atom. The molecule has 3 aromatic rings. The van der Waals surface area contributed by atoms with Gasteiger partial charge in [0.05, 0.1) is 7.11 Å². The summed E-state index contributed by atoms with van der Waals surface area (Å²) in [6.07, 6.45) is 2.11. The van der Waals surface area contributed by atoms with Crippen molar-refractivity contribution in [3.05, 3.63) is 60.2 Å². The summed E-state index contributed by atoms with van der Waals surface area (Å²) in [7, 11) is 1.63. The second kappa shape index (κ2) is 7.84. The number of rotatable bonds is 7. The van der Waals surface area contributed by atoms with Crippen LogP contribution in [-0.4, -0.2) is 34.2 Å². The van der Waals surface area contributed by atoms with E-state index >= 15 is 0 Å². The third-order valence-corrected chi connectivity index (χ3v) is 5.43. The Hall–Kier alpha value is -2.80. The van der Waals surface area contributed by atoms with E-state index < -0.39 is 0 Å². The number of aromatic amines is 1. The number of carbonyl (C=O) groups is 1. The molecule has 1 aliphatic rings. The van der Waals surface area contributed by atoms with Crippen LogP contribution in [0.1, 0.15) is 23.7 Å². The molecule has 0 radical (unpaired) electrons. The standard InChI is InChI=1S/C20H20N4O2S/c1-26-16-11-7-14(8-12-16)18-22-20(24-23-18)27-17(13-5-3-2-4-6-13)19(25)21-15-9-10-15/h2-8,11-12,15,17H,9-10H2,1H3,(H,21,25)(H,22,23,24). The normalized spacial score (nSPS) is 14.6. The summed E-state index contributed by atoms with van der Waals surface area (Å²) in [5.74, 6) is 1.45. The molecule has 7 heteroatoms. The highest BCUT2D eigenvalue weighted by molar-refractivity contribution is 8.00. The fourth-order valence-corrected chi connectivity index (χ4v) is 3.61. The molecule has 1 saturated carbocycles. The van der Waals surface area contributed by atoms with Gasteiger partial charge in [0.1, 0.15) is 11.0 Å². The summed E-state index contributed by atoms with van der Waals surface area (Å²) >= 11 is 1.35. The molecule has 1 aliphatic carbocycles. The predicted molar refractivity (Wildman–Crippen MR) is 105 cm³/mol. The van der Waals surface area contributed by atoms with Gasteiger partial charge in [-0.15, -0.1) is 5.10 Å². The third kappa shape index (κ3) is 4.31. The van der Waals surface area contributed by atoms with E-state index in [1.807, 2.05) is 54.6 Å². The van der Waals surface area contributed by atoms with Crippen molar-refractivity contribution in [2.45, 2.75) is 29.3 Å². The summed E-state index contributed by atoms with van der Waals surface area (Å²) < 4.78 is 5.18. The lowest BCUT2D eigenvalue weighted by atomic mass is 10.1. The number of thioether (sulfide) groups is 1. The van der Waals surface area contributed by atoms with Crippen LogP contribution in [0.3, 0.4) is 0 Å². The van der Waals surface area contributed by atoms with Gasteiger partial charge < -0.3 is 10.1 Å². The van der Waals surface area contributed by atoms with Gasteiger partial charge in [0.15, 0.2) is 5.82 Å². The van der Waals surface area contributed by atoms with Crippen molar-refractivity contribution in [2.75, 3.05) is 7.11 Å². The number of H-pyrrole nitrogens is 1. The lowest BCUT2D eigenvalue weighted by Gasteiger charge is -2.15. The van der Waals surface area contributed by atoms with E-state index in [2.05, 4.69) is 20.5 Å². The number of carbonyl (C=O) groups excluding carboxylic acids is 1. The summed E-state index contributed by atoms with van der Waals surface area (Å²) in [6, 6.07) is 17.6. The van der Waals surface area contributed by atoms with E-state index in [0.29, 0.717) is 17.0 Å². The predicted octanol–water partition coefficient (Wildman–Crippen LogP) is 3.59. The van der Waals surface area contributed by atoms with Crippen LogP contribution in [0, 0.1) is 0 Å². The van der Waals surface area contributed by atoms with E-state index in [9.17, 15) is 4.79 Å². The minimum absolute atomic E-state index is 0.00416. The SMILES string of the molecule is COc1ccc(-c2nc(SC(C(=O)NC3CC3)c3ccccc3)n[nH]2)cc1. The Morgan fingerprint density at radius 3 is 2.59 bits per heavy atom. The molecule has 2 aromatic carbocycles. The van der Waals surface area contributed by atoms with E-state index in [0.717, 1.165) is 29.7 Å². The summed E-state index contributed by atoms with van der Waals surface area (Å²) in [5, 5.41) is 10.5. The van der Waals surface area contributed by atoms with Gasteiger partial charge in [-0.1, -0.05) is 42.1 Å². The lowest BCUT2D eigenvalue weighted by molar-refractivity contribution is -0.120. The number of nitrogens with zero attached hydrogens (tertiary/aromatic N) is 2. The average molecular weight is 380 g/mol. The highest BCUT2D eigenvalue weighted by Crippen LogP contribution is 2.35. The molecule has 138 valence electrons. The number of aromatic nitrogens is 3. The van der Waals surface area contributed by atoms with Crippen LogP contribution in [0.5, 0.6) is 5.75 Å². The summed E-state index contributed by atoms with van der Waals surface area (Å²) in [5.41, 5.74) is 1.85. The van der Waals surface area contributed by atoms with Crippen molar-refractivity contribution < 1.29 is 9.53 Å². The van der Waals surface area contributed by atoms with Gasteiger partial charge in [0.2, 0.25) is 11.1 Å². The first-order chi connectivity index (χ1) is 13.2. The highest BCUT2D eigenvalue weighted by atomic mass is 32.2. The molecule has 1 unspecified atom stereocenters. The number of hydrogen-bond acceptors (Lipinski definition) is 5. The number of nitrogens with one attached hydrogen (secondary N) is 2. The van der Waals surface area contributed by atoms with Crippen LogP contribution in [0.4, 0.5) is 0 Å². The average Bonchev–Trinajstić information content (AvgIpc) is 3.40. The topological polar surface area (TPSA) is 79.9 Å². The number of amides is 1. The molecule has 1 heterocycles. The molecule has 0 spiro atoms. The summed E-state index contributed by atoms with van der Waals surface area (Å²) in [4.78, 5) is 17.3. The minimum Gasteiger partial charge on any atom is -0.497 e. The molecular formula is C20H20N4O2S. The first-order valence-corrected chi connectivity index (χ1v) is 9.69. The maximum absolute atomic E-state index is 12.7. The maximum atomic E-state index is 12.7. The highest BCUT2D eigenvalue weighted by Gasteiger charge is 2.30. The molecule has 1 amide bonds. The Morgan fingerprint density at radius 1 is 1.19 bits per heavy atom. The van der Waals surface area contributed by atoms with Crippen LogP contribution in [0.15, 0.2) is 59.8 Å². The van der Waals surface area contributed by atoms with Gasteiger partial charge in [-0.25, -0.2) is 4.98 Å². The number of methoxy groups -OCH3 is 1. The van der Waals surface area contributed by atoms with Crippen LogP contribution in [0.2, 0.25) is 0 Å². The van der Waals surface area contributed by atoms with Crippen molar-refractivity contribution in [2.24, 2.45) is 0 Å². The van der Waals surface area contributed by atoms with Gasteiger partial charge >= 0.3 is 0 Å². The van der Waals surface area contributed by atoms with E-state index in [1.54, 1.807) is 7.11 Å². The van der Waals surface area contributed by atoms with E-state index in [4.69, 9.17) is 4.74 Å². The smallest absolute Gasteiger partial charge is 0.238 e. The van der Waals surface area contributed by atoms with E-state index in [1.165, 1.54) is 11.8 Å². The fourth-order valence-electron chi connectivity index (χ4n) is 2.69. The largest absolute Gasteiger partial charge is 0.497 e. The van der Waals surface area contributed by atoms with Crippen LogP contribution in [-0.2, 0) is 4.79 Å². The van der Waals surface area contributed by atoms with Crippen molar-refractivity contribution >= 4 is 17.7 Å². The molecule has 1 fully saturated rings. The molecule has 1 atom stereocenters. The van der Waals surface area contributed by atoms with Crippen molar-refractivity contribution in [3.63, 3.8) is 0 Å². The molecule has 4 rings (SSSR count). The molecule has 1 aromatic heterocycles. The quantitative estimate of drug-likeness (QED) is 0.612. The first kappa shape index (κ1) is 17.6. The Bertz CT molecular complexity index is 907. The zero-order valence-electron chi connectivity index (χ0n) is 14.9. The molecule has 6 nitrogen and oxygen atoms in total. The van der Waals surface area contributed by atoms with Crippen molar-refractivity contribution in [1.82, 2.24) is 20.5 Å². The van der Waals surface area contributed by atoms with Gasteiger partial charge in [-0.3, -0.25) is 9.89 Å². The minimum atomic E-state index is -0.383. The molecular weight excluding hydrogens is 360 g/mol. The van der Waals surface area contributed by atoms with Crippen LogP contribution in [0.25, 0.3) is 11.4 Å². The molecule has 0 saturated heterocycles. The molecule has 0 bridgehead atoms. The number of hydrogen-bond donors (Lipinski definition) is 2. The molecule has 2 N–H and O–H groups in total. The van der Waals surface area contributed by atoms with Gasteiger partial charge in [0, 0.05) is 11.6 Å².